The summed E-state index contributed by atoms with van der Waals surface area (Å²) in [7, 11) is 1.82. The largest absolute Gasteiger partial charge is 0.497 e. The van der Waals surface area contributed by atoms with Gasteiger partial charge in [0.2, 0.25) is 0 Å². The molecule has 0 radical (unpaired) electrons. The number of fused-ring (bicyclic) bond motifs is 4. The van der Waals surface area contributed by atoms with Crippen LogP contribution in [-0.4, -0.2) is 7.11 Å². The second-order valence-electron chi connectivity index (χ2n) is 8.56. The molecule has 0 N–H and O–H groups in total. The van der Waals surface area contributed by atoms with Crippen molar-refractivity contribution >= 4 is 0 Å². The molecule has 1 nitrogen and oxygen atoms in total. The zero-order valence-electron chi connectivity index (χ0n) is 13.8. The molecule has 6 unspecified atom stereocenters. The molecule has 6 atom stereocenters. The van der Waals surface area contributed by atoms with Crippen molar-refractivity contribution in [2.24, 2.45) is 23.7 Å². The van der Waals surface area contributed by atoms with E-state index < -0.39 is 0 Å². The highest BCUT2D eigenvalue weighted by molar-refractivity contribution is 5.42. The van der Waals surface area contributed by atoms with Gasteiger partial charge in [0.25, 0.3) is 0 Å². The smallest absolute Gasteiger partial charge is 0.119 e. The van der Waals surface area contributed by atoms with Crippen LogP contribution in [0.2, 0.25) is 0 Å². The van der Waals surface area contributed by atoms with Crippen molar-refractivity contribution in [2.45, 2.75) is 63.2 Å². The monoisotopic (exact) mass is 296 g/mol. The lowest BCUT2D eigenvalue weighted by atomic mass is 9.75. The van der Waals surface area contributed by atoms with Crippen LogP contribution in [0.5, 0.6) is 5.75 Å². The summed E-state index contributed by atoms with van der Waals surface area (Å²) in [5.74, 6) is 6.77. The van der Waals surface area contributed by atoms with Crippen LogP contribution in [-0.2, 0) is 0 Å². The van der Waals surface area contributed by atoms with Crippen molar-refractivity contribution in [3.05, 3.63) is 29.3 Å². The molecule has 4 saturated carbocycles. The van der Waals surface area contributed by atoms with E-state index in [1.54, 1.807) is 11.1 Å². The summed E-state index contributed by atoms with van der Waals surface area (Å²) >= 11 is 0. The van der Waals surface area contributed by atoms with Crippen molar-refractivity contribution in [3.63, 3.8) is 0 Å². The fraction of sp³-hybridized carbons (Fsp3) is 0.714. The second kappa shape index (κ2) is 5.01. The van der Waals surface area contributed by atoms with Crippen molar-refractivity contribution < 1.29 is 4.74 Å². The van der Waals surface area contributed by atoms with Gasteiger partial charge in [0.1, 0.15) is 5.75 Å². The molecule has 0 aliphatic heterocycles. The molecule has 0 heterocycles. The van der Waals surface area contributed by atoms with E-state index in [-0.39, 0.29) is 0 Å². The Hall–Kier alpha value is -0.980. The highest BCUT2D eigenvalue weighted by Crippen LogP contribution is 2.58. The van der Waals surface area contributed by atoms with E-state index in [1.165, 1.54) is 51.4 Å². The van der Waals surface area contributed by atoms with Gasteiger partial charge in [-0.15, -0.1) is 0 Å². The first-order valence-electron chi connectivity index (χ1n) is 9.49. The molecule has 118 valence electrons. The Morgan fingerprint density at radius 2 is 1.41 bits per heavy atom. The molecule has 5 rings (SSSR count). The molecule has 4 bridgehead atoms. The number of hydrogen-bond donors (Lipinski definition) is 0. The zero-order chi connectivity index (χ0) is 14.7. The highest BCUT2D eigenvalue weighted by Gasteiger charge is 2.44. The molecule has 0 amide bonds. The summed E-state index contributed by atoms with van der Waals surface area (Å²) < 4.78 is 5.57. The summed E-state index contributed by atoms with van der Waals surface area (Å²) in [4.78, 5) is 0. The van der Waals surface area contributed by atoms with Crippen LogP contribution in [0, 0.1) is 23.7 Å². The van der Waals surface area contributed by atoms with Gasteiger partial charge in [-0.05, 0) is 97.3 Å². The third-order valence-corrected chi connectivity index (χ3v) is 7.57. The Bertz CT molecular complexity index is 577. The van der Waals surface area contributed by atoms with Crippen molar-refractivity contribution in [1.82, 2.24) is 0 Å². The van der Waals surface area contributed by atoms with Crippen LogP contribution in [0.25, 0.3) is 0 Å². The van der Waals surface area contributed by atoms with Gasteiger partial charge in [0.05, 0.1) is 7.11 Å². The molecule has 4 aliphatic rings. The topological polar surface area (TPSA) is 9.23 Å². The molecule has 0 spiro atoms. The lowest BCUT2D eigenvalue weighted by Gasteiger charge is -2.30. The number of hydrogen-bond acceptors (Lipinski definition) is 1. The summed E-state index contributed by atoms with van der Waals surface area (Å²) in [6.45, 7) is 0. The van der Waals surface area contributed by atoms with Crippen LogP contribution in [0.4, 0.5) is 0 Å². The third kappa shape index (κ3) is 1.97. The first-order valence-corrected chi connectivity index (χ1v) is 9.49. The van der Waals surface area contributed by atoms with Crippen LogP contribution >= 0.6 is 0 Å². The molecule has 22 heavy (non-hydrogen) atoms. The number of ether oxygens (including phenoxy) is 1. The molecule has 1 aromatic rings. The van der Waals surface area contributed by atoms with Crippen LogP contribution in [0.3, 0.4) is 0 Å². The van der Waals surface area contributed by atoms with Crippen molar-refractivity contribution in [1.29, 1.82) is 0 Å². The number of rotatable bonds is 3. The third-order valence-electron chi connectivity index (χ3n) is 7.57. The van der Waals surface area contributed by atoms with Crippen LogP contribution in [0.15, 0.2) is 18.2 Å². The maximum Gasteiger partial charge on any atom is 0.119 e. The quantitative estimate of drug-likeness (QED) is 0.715. The average Bonchev–Trinajstić information content (AvgIpc) is 3.33. The van der Waals surface area contributed by atoms with Crippen LogP contribution in [0.1, 0.15) is 74.3 Å². The lowest BCUT2D eigenvalue weighted by Crippen LogP contribution is -2.16. The van der Waals surface area contributed by atoms with Gasteiger partial charge in [-0.25, -0.2) is 0 Å². The minimum absolute atomic E-state index is 0.836. The Morgan fingerprint density at radius 3 is 1.91 bits per heavy atom. The minimum Gasteiger partial charge on any atom is -0.497 e. The fourth-order valence-electron chi connectivity index (χ4n) is 6.59. The first-order chi connectivity index (χ1) is 10.8. The lowest BCUT2D eigenvalue weighted by molar-refractivity contribution is 0.387. The van der Waals surface area contributed by atoms with Gasteiger partial charge >= 0.3 is 0 Å². The van der Waals surface area contributed by atoms with E-state index in [4.69, 9.17) is 4.74 Å². The maximum atomic E-state index is 5.57. The van der Waals surface area contributed by atoms with Crippen LogP contribution < -0.4 is 4.74 Å². The molecule has 0 saturated heterocycles. The molecule has 4 fully saturated rings. The zero-order valence-corrected chi connectivity index (χ0v) is 13.8. The summed E-state index contributed by atoms with van der Waals surface area (Å²) in [5.41, 5.74) is 3.40. The van der Waals surface area contributed by atoms with Gasteiger partial charge < -0.3 is 4.74 Å². The standard InChI is InChI=1S/C21H28O/c1-22-17-6-7-18(19-10-13-2-4-15(19)8-13)21(12-17)20-11-14-3-5-16(20)9-14/h6-7,12-16,19-20H,2-5,8-11H2,1H3. The summed E-state index contributed by atoms with van der Waals surface area (Å²) in [5, 5.41) is 0. The Kier molecular flexibility index (Phi) is 3.06. The highest BCUT2D eigenvalue weighted by atomic mass is 16.5. The molecular weight excluding hydrogens is 268 g/mol. The Labute approximate surface area is 134 Å². The van der Waals surface area contributed by atoms with Gasteiger partial charge in [-0.2, -0.15) is 0 Å². The van der Waals surface area contributed by atoms with Gasteiger partial charge in [-0.3, -0.25) is 0 Å². The average molecular weight is 296 g/mol. The predicted octanol–water partition coefficient (Wildman–Crippen LogP) is 5.50. The Morgan fingerprint density at radius 1 is 0.773 bits per heavy atom. The van der Waals surface area contributed by atoms with E-state index in [1.807, 2.05) is 7.11 Å². The number of benzene rings is 1. The minimum atomic E-state index is 0.836. The van der Waals surface area contributed by atoms with E-state index in [2.05, 4.69) is 18.2 Å². The summed E-state index contributed by atoms with van der Waals surface area (Å²) in [6.07, 6.45) is 11.9. The second-order valence-corrected chi connectivity index (χ2v) is 8.56. The molecule has 0 aromatic heterocycles. The van der Waals surface area contributed by atoms with E-state index in [0.29, 0.717) is 0 Å². The predicted molar refractivity (Wildman–Crippen MR) is 89.4 cm³/mol. The van der Waals surface area contributed by atoms with Crippen molar-refractivity contribution in [3.8, 4) is 5.75 Å². The van der Waals surface area contributed by atoms with E-state index >= 15 is 0 Å². The van der Waals surface area contributed by atoms with E-state index in [9.17, 15) is 0 Å². The molecule has 1 heteroatoms. The van der Waals surface area contributed by atoms with Gasteiger partial charge in [0, 0.05) is 0 Å². The molecule has 4 aliphatic carbocycles. The van der Waals surface area contributed by atoms with E-state index in [0.717, 1.165) is 41.3 Å². The summed E-state index contributed by atoms with van der Waals surface area (Å²) in [6, 6.07) is 7.07. The normalized spacial score (nSPS) is 42.2. The fourth-order valence-corrected chi connectivity index (χ4v) is 6.59. The van der Waals surface area contributed by atoms with Gasteiger partial charge in [0.15, 0.2) is 0 Å². The van der Waals surface area contributed by atoms with Crippen molar-refractivity contribution in [2.75, 3.05) is 7.11 Å². The molecule has 1 aromatic carbocycles. The molecular formula is C21H28O. The Balaban J connectivity index is 1.53. The number of methoxy groups -OCH3 is 1. The van der Waals surface area contributed by atoms with Gasteiger partial charge in [-0.1, -0.05) is 18.9 Å². The first kappa shape index (κ1) is 13.5. The SMILES string of the molecule is COc1ccc(C2CC3CCC2C3)c(C2CC3CCC2C3)c1. The maximum absolute atomic E-state index is 5.57.